The van der Waals surface area contributed by atoms with E-state index in [1.54, 1.807) is 0 Å². The molecule has 6 rings (SSSR count). The summed E-state index contributed by atoms with van der Waals surface area (Å²) in [6, 6.07) is 26.4. The Balaban J connectivity index is 0.937. The molecule has 0 radical (unpaired) electrons. The van der Waals surface area contributed by atoms with E-state index in [2.05, 4.69) is 181 Å². The van der Waals surface area contributed by atoms with Gasteiger partial charge in [0.05, 0.1) is 11.5 Å². The minimum absolute atomic E-state index is 1.00. The van der Waals surface area contributed by atoms with Gasteiger partial charge in [-0.3, -0.25) is 0 Å². The van der Waals surface area contributed by atoms with Gasteiger partial charge in [-0.25, -0.2) is 9.13 Å². The van der Waals surface area contributed by atoms with Gasteiger partial charge in [-0.2, -0.15) is 0 Å². The molecule has 0 saturated heterocycles. The molecule has 4 nitrogen and oxygen atoms in total. The molecule has 1 aliphatic carbocycles. The van der Waals surface area contributed by atoms with Crippen LogP contribution in [0.2, 0.25) is 0 Å². The third-order valence-electron chi connectivity index (χ3n) is 8.75. The van der Waals surface area contributed by atoms with Crippen LogP contribution in [0.15, 0.2) is 97.6 Å². The van der Waals surface area contributed by atoms with Crippen molar-refractivity contribution in [2.75, 3.05) is 49.5 Å². The van der Waals surface area contributed by atoms with Crippen LogP contribution in [0.1, 0.15) is 35.1 Å². The van der Waals surface area contributed by atoms with Gasteiger partial charge in [0.2, 0.25) is 0 Å². The fourth-order valence-corrected chi connectivity index (χ4v) is 8.11. The van der Waals surface area contributed by atoms with Crippen molar-refractivity contribution in [3.63, 3.8) is 0 Å². The Morgan fingerprint density at radius 1 is 0.542 bits per heavy atom. The van der Waals surface area contributed by atoms with Crippen molar-refractivity contribution >= 4 is 80.2 Å². The third kappa shape index (κ3) is 8.41. The predicted octanol–water partition coefficient (Wildman–Crippen LogP) is 7.32. The van der Waals surface area contributed by atoms with Crippen LogP contribution in [0, 0.1) is 0 Å². The van der Waals surface area contributed by atoms with E-state index < -0.39 is 0 Å². The van der Waals surface area contributed by atoms with Crippen molar-refractivity contribution in [3.05, 3.63) is 130 Å². The molecule has 244 valence electrons. The zero-order valence-electron chi connectivity index (χ0n) is 28.5. The first-order chi connectivity index (χ1) is 23.5. The molecule has 0 aliphatic heterocycles. The van der Waals surface area contributed by atoms with Gasteiger partial charge in [-0.05, 0) is 57.8 Å². The largest absolute Gasteiger partial charge is 0.377 e. The maximum absolute atomic E-state index is 2.39. The smallest absolute Gasteiger partial charge is 0.169 e. The zero-order valence-corrected chi connectivity index (χ0v) is 30.2. The number of aryl methyl sites for hydroxylation is 2. The minimum Gasteiger partial charge on any atom is -0.377 e. The summed E-state index contributed by atoms with van der Waals surface area (Å²) in [6.07, 6.45) is 24.7. The number of benzene rings is 3. The normalized spacial score (nSPS) is 12.7. The van der Waals surface area contributed by atoms with Crippen molar-refractivity contribution in [1.82, 2.24) is 0 Å². The lowest BCUT2D eigenvalue weighted by Gasteiger charge is -2.16. The SMILES string of the molecule is CN(C)c1ccc(/C=C/c2cc[n+](CCSSCC[n+]3ccc(/C=C/c4ccc(N(C)C)c5ccccc45)cc3)cc2)c2c1=CCCC=2. The van der Waals surface area contributed by atoms with E-state index in [0.29, 0.717) is 0 Å². The second-order valence-electron chi connectivity index (χ2n) is 12.5. The topological polar surface area (TPSA) is 14.2 Å². The maximum Gasteiger partial charge on any atom is 0.169 e. The summed E-state index contributed by atoms with van der Waals surface area (Å²) in [7, 11) is 12.3. The Labute approximate surface area is 293 Å². The molecular formula is C42H46N4S2+2. The molecule has 1 aliphatic rings. The lowest BCUT2D eigenvalue weighted by molar-refractivity contribution is -0.692. The number of pyridine rings is 2. The lowest BCUT2D eigenvalue weighted by Crippen LogP contribution is -2.34. The van der Waals surface area contributed by atoms with Crippen molar-refractivity contribution in [2.45, 2.75) is 25.9 Å². The number of hydrogen-bond acceptors (Lipinski definition) is 4. The molecule has 0 bridgehead atoms. The molecule has 0 spiro atoms. The molecule has 0 atom stereocenters. The van der Waals surface area contributed by atoms with Crippen LogP contribution < -0.4 is 29.4 Å². The molecule has 0 amide bonds. The summed E-state index contributed by atoms with van der Waals surface area (Å²) in [6.45, 7) is 2.01. The third-order valence-corrected chi connectivity index (χ3v) is 11.1. The summed E-state index contributed by atoms with van der Waals surface area (Å²) >= 11 is 0. The Morgan fingerprint density at radius 3 is 1.62 bits per heavy atom. The Morgan fingerprint density at radius 2 is 1.04 bits per heavy atom. The zero-order chi connectivity index (χ0) is 33.3. The lowest BCUT2D eigenvalue weighted by atomic mass is 10.0. The van der Waals surface area contributed by atoms with Gasteiger partial charge in [0.15, 0.2) is 37.9 Å². The second-order valence-corrected chi connectivity index (χ2v) is 15.2. The summed E-state index contributed by atoms with van der Waals surface area (Å²) < 4.78 is 4.55. The van der Waals surface area contributed by atoms with Crippen LogP contribution in [0.4, 0.5) is 11.4 Å². The number of rotatable bonds is 13. The molecule has 0 saturated carbocycles. The van der Waals surface area contributed by atoms with Gasteiger partial charge < -0.3 is 9.80 Å². The first kappa shape index (κ1) is 33.6. The Hall–Kier alpha value is -4.26. The molecule has 0 fully saturated rings. The number of nitrogens with zero attached hydrogens (tertiary/aromatic N) is 4. The maximum atomic E-state index is 2.39. The van der Waals surface area contributed by atoms with Gasteiger partial charge in [-0.15, -0.1) is 0 Å². The van der Waals surface area contributed by atoms with Gasteiger partial charge in [-0.1, -0.05) is 94.4 Å². The molecule has 5 aromatic rings. The number of aromatic nitrogens is 2. The van der Waals surface area contributed by atoms with Crippen molar-refractivity contribution < 1.29 is 9.13 Å². The van der Waals surface area contributed by atoms with E-state index in [0.717, 1.165) is 37.4 Å². The summed E-state index contributed by atoms with van der Waals surface area (Å²) in [5.74, 6) is 2.16. The highest BCUT2D eigenvalue weighted by Gasteiger charge is 2.08. The van der Waals surface area contributed by atoms with Crippen molar-refractivity contribution in [2.24, 2.45) is 0 Å². The minimum atomic E-state index is 1.00. The predicted molar refractivity (Wildman–Crippen MR) is 213 cm³/mol. The summed E-state index contributed by atoms with van der Waals surface area (Å²) in [4.78, 5) is 4.38. The molecule has 2 aromatic heterocycles. The first-order valence-electron chi connectivity index (χ1n) is 16.7. The van der Waals surface area contributed by atoms with E-state index in [1.165, 1.54) is 54.8 Å². The van der Waals surface area contributed by atoms with Crippen molar-refractivity contribution in [3.8, 4) is 0 Å². The molecule has 0 N–H and O–H groups in total. The molecule has 0 unspecified atom stereocenters. The quantitative estimate of drug-likeness (QED) is 0.0740. The fraction of sp³-hybridized carbons (Fsp3) is 0.238. The van der Waals surface area contributed by atoms with E-state index in [4.69, 9.17) is 0 Å². The van der Waals surface area contributed by atoms with E-state index in [9.17, 15) is 0 Å². The fourth-order valence-electron chi connectivity index (χ4n) is 6.15. The average molecular weight is 671 g/mol. The monoisotopic (exact) mass is 670 g/mol. The molecular weight excluding hydrogens is 625 g/mol. The standard InChI is InChI=1S/C42H46N4S2/c1-43(2)41-19-17-35(37-9-5-7-11-39(37)41)15-13-33-21-25-45(26-22-33)29-31-47-48-32-30-46-27-23-34(24-28-46)14-16-36-18-20-42(44(3)4)40-12-8-6-10-38(36)40/h5,7,9-28H,6,8,29-32H2,1-4H3/q+2. The first-order valence-corrected chi connectivity index (χ1v) is 19.2. The molecule has 48 heavy (non-hydrogen) atoms. The van der Waals surface area contributed by atoms with E-state index in [1.807, 2.05) is 21.6 Å². The van der Waals surface area contributed by atoms with Crippen LogP contribution >= 0.6 is 21.6 Å². The van der Waals surface area contributed by atoms with Crippen molar-refractivity contribution in [1.29, 1.82) is 0 Å². The number of fused-ring (bicyclic) bond motifs is 2. The highest BCUT2D eigenvalue weighted by atomic mass is 33.1. The van der Waals surface area contributed by atoms with Gasteiger partial charge in [0.1, 0.15) is 0 Å². The highest BCUT2D eigenvalue weighted by molar-refractivity contribution is 8.76. The summed E-state index contributed by atoms with van der Waals surface area (Å²) in [5, 5.41) is 5.29. The molecule has 2 heterocycles. The van der Waals surface area contributed by atoms with Gasteiger partial charge in [0.25, 0.3) is 0 Å². The average Bonchev–Trinajstić information content (AvgIpc) is 3.11. The van der Waals surface area contributed by atoms with E-state index in [-0.39, 0.29) is 0 Å². The van der Waals surface area contributed by atoms with Gasteiger partial charge >= 0.3 is 0 Å². The Kier molecular flexibility index (Phi) is 11.4. The number of anilines is 2. The van der Waals surface area contributed by atoms with Crippen LogP contribution in [0.3, 0.4) is 0 Å². The molecule has 3 aromatic carbocycles. The number of hydrogen-bond donors (Lipinski definition) is 0. The van der Waals surface area contributed by atoms with E-state index >= 15 is 0 Å². The Bertz CT molecular complexity index is 2030. The van der Waals surface area contributed by atoms with Gasteiger partial charge in [0, 0.05) is 74.4 Å². The second kappa shape index (κ2) is 16.2. The van der Waals surface area contributed by atoms with Crippen LogP contribution in [0.5, 0.6) is 0 Å². The van der Waals surface area contributed by atoms with Crippen LogP contribution in [0.25, 0.3) is 47.2 Å². The highest BCUT2D eigenvalue weighted by Crippen LogP contribution is 2.29. The van der Waals surface area contributed by atoms with Crippen LogP contribution in [-0.4, -0.2) is 39.7 Å². The van der Waals surface area contributed by atoms with Crippen LogP contribution in [-0.2, 0) is 13.1 Å². The molecule has 6 heteroatoms. The summed E-state index contributed by atoms with van der Waals surface area (Å²) in [5.41, 5.74) is 7.51.